The molecule has 0 radical (unpaired) electrons. The quantitative estimate of drug-likeness (QED) is 0.605. The molecule has 2 N–H and O–H groups in total. The number of esters is 1. The summed E-state index contributed by atoms with van der Waals surface area (Å²) in [6.07, 6.45) is -0.347. The van der Waals surface area contributed by atoms with E-state index in [1.807, 2.05) is 13.8 Å². The van der Waals surface area contributed by atoms with Crippen LogP contribution < -0.4 is 9.47 Å². The molecule has 2 aromatic rings. The molecule has 0 aromatic heterocycles. The zero-order chi connectivity index (χ0) is 21.5. The van der Waals surface area contributed by atoms with Crippen LogP contribution in [0, 0.1) is 12.8 Å². The van der Waals surface area contributed by atoms with Gasteiger partial charge in [0.25, 0.3) is 0 Å². The fourth-order valence-electron chi connectivity index (χ4n) is 3.32. The van der Waals surface area contributed by atoms with Crippen LogP contribution in [0.4, 0.5) is 0 Å². The summed E-state index contributed by atoms with van der Waals surface area (Å²) in [7, 11) is 1.40. The number of aliphatic hydroxyl groups excluding tert-OH is 1. The predicted octanol–water partition coefficient (Wildman–Crippen LogP) is 5.56. The zero-order valence-electron chi connectivity index (χ0n) is 16.5. The first kappa shape index (κ1) is 21.6. The Balaban J connectivity index is 2.19. The lowest BCUT2D eigenvalue weighted by Gasteiger charge is -2.24. The summed E-state index contributed by atoms with van der Waals surface area (Å²) in [6, 6.07) is 3.14. The third-order valence-electron chi connectivity index (χ3n) is 4.79. The number of hydrogen-bond acceptors (Lipinski definition) is 6. The monoisotopic (exact) mass is 440 g/mol. The highest BCUT2D eigenvalue weighted by molar-refractivity contribution is 6.37. The van der Waals surface area contributed by atoms with Gasteiger partial charge in [0, 0.05) is 5.56 Å². The maximum Gasteiger partial charge on any atom is 0.346 e. The van der Waals surface area contributed by atoms with Crippen molar-refractivity contribution >= 4 is 29.2 Å². The molecule has 0 spiro atoms. The fraction of sp³-hybridized carbons (Fsp3) is 0.381. The maximum atomic E-state index is 12.8. The highest BCUT2D eigenvalue weighted by Gasteiger charge is 2.31. The smallest absolute Gasteiger partial charge is 0.346 e. The minimum absolute atomic E-state index is 0.0110. The van der Waals surface area contributed by atoms with Gasteiger partial charge >= 0.3 is 5.97 Å². The van der Waals surface area contributed by atoms with Gasteiger partial charge < -0.3 is 24.4 Å². The lowest BCUT2D eigenvalue weighted by Crippen LogP contribution is -2.15. The van der Waals surface area contributed by atoms with Crippen LogP contribution in [0.2, 0.25) is 10.0 Å². The molecule has 1 heterocycles. The Morgan fingerprint density at radius 1 is 1.24 bits per heavy atom. The van der Waals surface area contributed by atoms with E-state index in [1.54, 1.807) is 13.0 Å². The van der Waals surface area contributed by atoms with Crippen LogP contribution in [0.3, 0.4) is 0 Å². The summed E-state index contributed by atoms with van der Waals surface area (Å²) in [6.45, 7) is 5.39. The number of phenols is 1. The van der Waals surface area contributed by atoms with E-state index in [4.69, 9.17) is 37.4 Å². The highest BCUT2D eigenvalue weighted by Crippen LogP contribution is 2.49. The number of cyclic esters (lactones) is 1. The Morgan fingerprint density at radius 2 is 1.93 bits per heavy atom. The summed E-state index contributed by atoms with van der Waals surface area (Å²) in [5.41, 5.74) is 1.24. The fourth-order valence-corrected chi connectivity index (χ4v) is 3.78. The molecule has 1 atom stereocenters. The van der Waals surface area contributed by atoms with Gasteiger partial charge in [-0.3, -0.25) is 0 Å². The average molecular weight is 441 g/mol. The number of carbonyl (C=O) groups excluding carboxylic acids is 1. The first-order valence-electron chi connectivity index (χ1n) is 9.10. The van der Waals surface area contributed by atoms with Crippen LogP contribution in [0.15, 0.2) is 12.1 Å². The lowest BCUT2D eigenvalue weighted by atomic mass is 9.96. The topological polar surface area (TPSA) is 85.2 Å². The number of hydrogen-bond donors (Lipinski definition) is 2. The van der Waals surface area contributed by atoms with Crippen molar-refractivity contribution in [3.05, 3.63) is 44.4 Å². The van der Waals surface area contributed by atoms with Crippen molar-refractivity contribution in [1.29, 1.82) is 0 Å². The Hall–Kier alpha value is -2.15. The second-order valence-corrected chi connectivity index (χ2v) is 8.05. The molecule has 0 saturated carbocycles. The predicted molar refractivity (Wildman–Crippen MR) is 109 cm³/mol. The molecule has 29 heavy (non-hydrogen) atoms. The summed E-state index contributed by atoms with van der Waals surface area (Å²) >= 11 is 12.5. The number of aromatic hydroxyl groups is 1. The van der Waals surface area contributed by atoms with Crippen LogP contribution in [0.5, 0.6) is 23.0 Å². The number of ether oxygens (including phenoxy) is 3. The Morgan fingerprint density at radius 3 is 2.55 bits per heavy atom. The van der Waals surface area contributed by atoms with E-state index in [9.17, 15) is 15.0 Å². The number of carbonyl (C=O) groups is 1. The third kappa shape index (κ3) is 3.84. The number of methoxy groups -OCH3 is 1. The summed E-state index contributed by atoms with van der Waals surface area (Å²) in [5.74, 6) is -0.486. The van der Waals surface area contributed by atoms with Gasteiger partial charge in [0.1, 0.15) is 23.7 Å². The summed E-state index contributed by atoms with van der Waals surface area (Å²) in [4.78, 5) is 12.8. The Labute approximate surface area is 178 Å². The Kier molecular flexibility index (Phi) is 6.17. The number of halogens is 2. The van der Waals surface area contributed by atoms with E-state index in [-0.39, 0.29) is 51.1 Å². The van der Waals surface area contributed by atoms with Crippen LogP contribution >= 0.6 is 23.2 Å². The molecular weight excluding hydrogens is 419 g/mol. The maximum absolute atomic E-state index is 12.8. The van der Waals surface area contributed by atoms with Crippen molar-refractivity contribution in [2.75, 3.05) is 7.11 Å². The standard InChI is InChI=1S/C21H22Cl2O6/c1-9(2)7-13(24)11-5-6-14-15(19(11)27-4)21(26)28-8-12-16(22)10(3)17(23)18(25)20(12)29-14/h5-6,9,13,24-25H,7-8H2,1-4H3. The largest absolute Gasteiger partial charge is 0.503 e. The molecule has 0 aliphatic carbocycles. The molecule has 0 saturated heterocycles. The van der Waals surface area contributed by atoms with Gasteiger partial charge in [-0.25, -0.2) is 4.79 Å². The van der Waals surface area contributed by atoms with E-state index in [0.29, 0.717) is 23.1 Å². The van der Waals surface area contributed by atoms with Crippen LogP contribution in [0.25, 0.3) is 0 Å². The van der Waals surface area contributed by atoms with Crippen molar-refractivity contribution in [1.82, 2.24) is 0 Å². The molecule has 1 aliphatic heterocycles. The molecule has 0 bridgehead atoms. The molecule has 3 rings (SSSR count). The SMILES string of the molecule is COc1c(C(O)CC(C)C)ccc2c1C(=O)OCc1c(Cl)c(C)c(Cl)c(O)c1O2. The van der Waals surface area contributed by atoms with Gasteiger partial charge in [0.05, 0.1) is 28.8 Å². The van der Waals surface area contributed by atoms with Gasteiger partial charge in [0.15, 0.2) is 11.5 Å². The van der Waals surface area contributed by atoms with E-state index >= 15 is 0 Å². The Bertz CT molecular complexity index is 971. The highest BCUT2D eigenvalue weighted by atomic mass is 35.5. The first-order chi connectivity index (χ1) is 13.7. The van der Waals surface area contributed by atoms with Crippen molar-refractivity contribution in [3.8, 4) is 23.0 Å². The number of phenolic OH excluding ortho intramolecular Hbond substituents is 1. The van der Waals surface area contributed by atoms with Crippen LogP contribution in [0.1, 0.15) is 53.4 Å². The second kappa shape index (κ2) is 8.30. The molecule has 1 aliphatic rings. The van der Waals surface area contributed by atoms with Gasteiger partial charge in [-0.1, -0.05) is 37.0 Å². The van der Waals surface area contributed by atoms with E-state index < -0.39 is 12.1 Å². The molecule has 8 heteroatoms. The molecule has 156 valence electrons. The minimum atomic E-state index is -0.833. The zero-order valence-corrected chi connectivity index (χ0v) is 18.0. The number of fused-ring (bicyclic) bond motifs is 2. The molecule has 6 nitrogen and oxygen atoms in total. The third-order valence-corrected chi connectivity index (χ3v) is 5.77. The van der Waals surface area contributed by atoms with Gasteiger partial charge in [-0.2, -0.15) is 0 Å². The van der Waals surface area contributed by atoms with Gasteiger partial charge in [-0.15, -0.1) is 0 Å². The van der Waals surface area contributed by atoms with E-state index in [2.05, 4.69) is 0 Å². The number of rotatable bonds is 4. The number of aliphatic hydroxyl groups is 1. The number of benzene rings is 2. The van der Waals surface area contributed by atoms with E-state index in [1.165, 1.54) is 13.2 Å². The van der Waals surface area contributed by atoms with Crippen molar-refractivity contribution in [2.45, 2.75) is 39.9 Å². The van der Waals surface area contributed by atoms with Crippen LogP contribution in [-0.2, 0) is 11.3 Å². The molecule has 2 aromatic carbocycles. The molecule has 0 fully saturated rings. The van der Waals surface area contributed by atoms with Gasteiger partial charge in [-0.05, 0) is 37.0 Å². The summed E-state index contributed by atoms with van der Waals surface area (Å²) in [5, 5.41) is 21.4. The average Bonchev–Trinajstić information content (AvgIpc) is 2.67. The second-order valence-electron chi connectivity index (χ2n) is 7.29. The van der Waals surface area contributed by atoms with E-state index in [0.717, 1.165) is 0 Å². The normalized spacial score (nSPS) is 14.3. The molecular formula is C21H22Cl2O6. The summed E-state index contributed by atoms with van der Waals surface area (Å²) < 4.78 is 16.7. The van der Waals surface area contributed by atoms with Crippen molar-refractivity contribution in [3.63, 3.8) is 0 Å². The van der Waals surface area contributed by atoms with Crippen molar-refractivity contribution < 1.29 is 29.2 Å². The van der Waals surface area contributed by atoms with Gasteiger partial charge in [0.2, 0.25) is 0 Å². The van der Waals surface area contributed by atoms with Crippen LogP contribution in [-0.4, -0.2) is 23.3 Å². The lowest BCUT2D eigenvalue weighted by molar-refractivity contribution is 0.0454. The molecule has 1 unspecified atom stereocenters. The molecule has 0 amide bonds. The minimum Gasteiger partial charge on any atom is -0.503 e. The van der Waals surface area contributed by atoms with Crippen molar-refractivity contribution in [2.24, 2.45) is 5.92 Å². The first-order valence-corrected chi connectivity index (χ1v) is 9.86.